The van der Waals surface area contributed by atoms with E-state index in [0.29, 0.717) is 6.61 Å². The average molecular weight is 272 g/mol. The van der Waals surface area contributed by atoms with E-state index in [1.807, 2.05) is 13.8 Å². The Morgan fingerprint density at radius 2 is 1.63 bits per heavy atom. The van der Waals surface area contributed by atoms with Gasteiger partial charge in [-0.15, -0.1) is 0 Å². The first-order chi connectivity index (χ1) is 9.10. The highest BCUT2D eigenvalue weighted by atomic mass is 16.5. The minimum atomic E-state index is -0.0938. The van der Waals surface area contributed by atoms with E-state index in [9.17, 15) is 4.79 Å². The van der Waals surface area contributed by atoms with Crippen molar-refractivity contribution in [1.82, 2.24) is 9.80 Å². The molecule has 0 aromatic carbocycles. The summed E-state index contributed by atoms with van der Waals surface area (Å²) in [5.41, 5.74) is 0. The molecule has 1 aliphatic heterocycles. The van der Waals surface area contributed by atoms with Gasteiger partial charge in [-0.3, -0.25) is 9.69 Å². The summed E-state index contributed by atoms with van der Waals surface area (Å²) in [6.45, 7) is 16.0. The lowest BCUT2D eigenvalue weighted by molar-refractivity contribution is -0.149. The molecule has 1 atom stereocenters. The normalized spacial score (nSPS) is 18.4. The van der Waals surface area contributed by atoms with Crippen molar-refractivity contribution in [1.29, 1.82) is 0 Å². The van der Waals surface area contributed by atoms with Crippen LogP contribution in [-0.4, -0.2) is 61.1 Å². The number of ether oxygens (including phenoxy) is 1. The molecule has 0 aliphatic carbocycles. The second-order valence-corrected chi connectivity index (χ2v) is 5.01. The van der Waals surface area contributed by atoms with Crippen LogP contribution in [0, 0.1) is 0 Å². The molecule has 0 radical (unpaired) electrons. The third-order valence-corrected chi connectivity index (χ3v) is 3.12. The number of hydrogen-bond donors (Lipinski definition) is 0. The van der Waals surface area contributed by atoms with Crippen LogP contribution in [0.25, 0.3) is 0 Å². The van der Waals surface area contributed by atoms with Crippen molar-refractivity contribution in [3.8, 4) is 0 Å². The average Bonchev–Trinajstić information content (AvgIpc) is 2.40. The number of esters is 1. The van der Waals surface area contributed by atoms with Gasteiger partial charge in [0.25, 0.3) is 0 Å². The van der Waals surface area contributed by atoms with Crippen LogP contribution in [0.1, 0.15) is 47.5 Å². The first-order valence-corrected chi connectivity index (χ1v) is 7.73. The van der Waals surface area contributed by atoms with E-state index >= 15 is 0 Å². The number of hydrogen-bond acceptors (Lipinski definition) is 4. The van der Waals surface area contributed by atoms with Crippen LogP contribution >= 0.6 is 0 Å². The lowest BCUT2D eigenvalue weighted by Crippen LogP contribution is -2.52. The molecule has 0 amide bonds. The predicted octanol–water partition coefficient (Wildman–Crippen LogP) is 2.38. The van der Waals surface area contributed by atoms with Crippen molar-refractivity contribution in [3.05, 3.63) is 0 Å². The van der Waals surface area contributed by atoms with E-state index in [1.54, 1.807) is 0 Å². The molecule has 19 heavy (non-hydrogen) atoms. The first-order valence-electron chi connectivity index (χ1n) is 7.73. The summed E-state index contributed by atoms with van der Waals surface area (Å²) in [5, 5.41) is 0. The van der Waals surface area contributed by atoms with Crippen molar-refractivity contribution in [2.24, 2.45) is 0 Å². The summed E-state index contributed by atoms with van der Waals surface area (Å²) in [6, 6.07) is -0.0938. The minimum absolute atomic E-state index is 0.0913. The number of nitrogens with zero attached hydrogens (tertiary/aromatic N) is 2. The molecule has 4 nitrogen and oxygen atoms in total. The molecule has 1 saturated heterocycles. The van der Waals surface area contributed by atoms with Crippen molar-refractivity contribution >= 4 is 5.97 Å². The number of carbonyl (C=O) groups is 1. The summed E-state index contributed by atoms with van der Waals surface area (Å²) >= 11 is 0. The Bertz CT molecular complexity index is 226. The first kappa shape index (κ1) is 18.4. The van der Waals surface area contributed by atoms with Gasteiger partial charge in [0.1, 0.15) is 6.04 Å². The standard InChI is InChI=1S/C12H24N2O2.C3H8/c1-4-6-13-7-9-14(10-8-13)11(3)12(15)16-5-2;1-3-2/h11H,4-10H2,1-3H3;3H2,1-2H3. The molecule has 1 fully saturated rings. The summed E-state index contributed by atoms with van der Waals surface area (Å²) in [5.74, 6) is -0.0913. The predicted molar refractivity (Wildman–Crippen MR) is 80.4 cm³/mol. The van der Waals surface area contributed by atoms with E-state index in [2.05, 4.69) is 30.6 Å². The molecule has 0 saturated carbocycles. The summed E-state index contributed by atoms with van der Waals surface area (Å²) in [4.78, 5) is 16.2. The molecule has 0 bridgehead atoms. The topological polar surface area (TPSA) is 32.8 Å². The Kier molecular flexibility index (Phi) is 10.9. The van der Waals surface area contributed by atoms with E-state index in [0.717, 1.165) is 26.2 Å². The molecule has 1 aliphatic rings. The Morgan fingerprint density at radius 3 is 2.05 bits per heavy atom. The largest absolute Gasteiger partial charge is 0.465 e. The van der Waals surface area contributed by atoms with Crippen molar-refractivity contribution in [2.75, 3.05) is 39.3 Å². The van der Waals surface area contributed by atoms with Gasteiger partial charge in [-0.25, -0.2) is 0 Å². The van der Waals surface area contributed by atoms with Crippen molar-refractivity contribution < 1.29 is 9.53 Å². The second kappa shape index (κ2) is 11.2. The quantitative estimate of drug-likeness (QED) is 0.719. The zero-order chi connectivity index (χ0) is 14.7. The van der Waals surface area contributed by atoms with E-state index in [-0.39, 0.29) is 12.0 Å². The molecule has 4 heteroatoms. The third-order valence-electron chi connectivity index (χ3n) is 3.12. The van der Waals surface area contributed by atoms with Gasteiger partial charge >= 0.3 is 5.97 Å². The fourth-order valence-electron chi connectivity index (χ4n) is 2.10. The Morgan fingerprint density at radius 1 is 1.11 bits per heavy atom. The van der Waals surface area contributed by atoms with E-state index < -0.39 is 0 Å². The number of piperazine rings is 1. The van der Waals surface area contributed by atoms with Gasteiger partial charge < -0.3 is 9.64 Å². The lowest BCUT2D eigenvalue weighted by atomic mass is 10.2. The van der Waals surface area contributed by atoms with Crippen LogP contribution in [0.15, 0.2) is 0 Å². The zero-order valence-electron chi connectivity index (χ0n) is 13.4. The van der Waals surface area contributed by atoms with Crippen LogP contribution in [0.4, 0.5) is 0 Å². The highest BCUT2D eigenvalue weighted by Gasteiger charge is 2.25. The zero-order valence-corrected chi connectivity index (χ0v) is 13.4. The molecular weight excluding hydrogens is 240 g/mol. The molecule has 0 spiro atoms. The molecular formula is C15H32N2O2. The van der Waals surface area contributed by atoms with Gasteiger partial charge in [0.05, 0.1) is 6.61 Å². The van der Waals surface area contributed by atoms with Crippen LogP contribution in [0.5, 0.6) is 0 Å². The molecule has 114 valence electrons. The molecule has 1 unspecified atom stereocenters. The summed E-state index contributed by atoms with van der Waals surface area (Å²) in [7, 11) is 0. The highest BCUT2D eigenvalue weighted by molar-refractivity contribution is 5.75. The van der Waals surface area contributed by atoms with E-state index in [4.69, 9.17) is 4.74 Å². The van der Waals surface area contributed by atoms with Crippen LogP contribution in [-0.2, 0) is 9.53 Å². The van der Waals surface area contributed by atoms with Crippen LogP contribution in [0.3, 0.4) is 0 Å². The smallest absolute Gasteiger partial charge is 0.323 e. The Balaban J connectivity index is 0.000000982. The molecule has 0 aromatic heterocycles. The Hall–Kier alpha value is -0.610. The molecule has 0 N–H and O–H groups in total. The summed E-state index contributed by atoms with van der Waals surface area (Å²) < 4.78 is 5.04. The van der Waals surface area contributed by atoms with Crippen molar-refractivity contribution in [2.45, 2.75) is 53.5 Å². The molecule has 1 heterocycles. The molecule has 0 aromatic rings. The maximum atomic E-state index is 11.6. The minimum Gasteiger partial charge on any atom is -0.465 e. The van der Waals surface area contributed by atoms with Gasteiger partial charge in [0, 0.05) is 26.2 Å². The maximum Gasteiger partial charge on any atom is 0.323 e. The maximum absolute atomic E-state index is 11.6. The Labute approximate surface area is 119 Å². The van der Waals surface area contributed by atoms with Gasteiger partial charge in [-0.2, -0.15) is 0 Å². The van der Waals surface area contributed by atoms with E-state index in [1.165, 1.54) is 19.4 Å². The number of carbonyl (C=O) groups excluding carboxylic acids is 1. The third kappa shape index (κ3) is 7.53. The number of rotatable bonds is 5. The van der Waals surface area contributed by atoms with Crippen molar-refractivity contribution in [3.63, 3.8) is 0 Å². The lowest BCUT2D eigenvalue weighted by Gasteiger charge is -2.36. The van der Waals surface area contributed by atoms with Crippen LogP contribution < -0.4 is 0 Å². The SMILES string of the molecule is CCC.CCCN1CCN(C(C)C(=O)OCC)CC1. The van der Waals surface area contributed by atoms with Gasteiger partial charge in [0.2, 0.25) is 0 Å². The summed E-state index contributed by atoms with van der Waals surface area (Å²) in [6.07, 6.45) is 2.45. The van der Waals surface area contributed by atoms with Gasteiger partial charge in [-0.05, 0) is 26.8 Å². The highest BCUT2D eigenvalue weighted by Crippen LogP contribution is 2.08. The van der Waals surface area contributed by atoms with Gasteiger partial charge in [-0.1, -0.05) is 27.2 Å². The fourth-order valence-corrected chi connectivity index (χ4v) is 2.10. The van der Waals surface area contributed by atoms with Gasteiger partial charge in [0.15, 0.2) is 0 Å². The monoisotopic (exact) mass is 272 g/mol. The second-order valence-electron chi connectivity index (χ2n) is 5.01. The van der Waals surface area contributed by atoms with Crippen LogP contribution in [0.2, 0.25) is 0 Å². The molecule has 1 rings (SSSR count). The fraction of sp³-hybridized carbons (Fsp3) is 0.933.